The van der Waals surface area contributed by atoms with Gasteiger partial charge in [-0.05, 0) is 19.1 Å². The van der Waals surface area contributed by atoms with E-state index in [2.05, 4.69) is 10.00 Å². The number of H-pyrrole nitrogens is 1. The van der Waals surface area contributed by atoms with Gasteiger partial charge in [0.1, 0.15) is 12.3 Å². The van der Waals surface area contributed by atoms with Crippen molar-refractivity contribution in [2.24, 2.45) is 0 Å². The molecule has 0 spiro atoms. The van der Waals surface area contributed by atoms with E-state index in [-0.39, 0.29) is 12.5 Å². The van der Waals surface area contributed by atoms with E-state index < -0.39 is 11.1 Å². The molecule has 2 heterocycles. The van der Waals surface area contributed by atoms with Crippen molar-refractivity contribution in [2.75, 3.05) is 37.7 Å². The Balaban J connectivity index is 1.63. The van der Waals surface area contributed by atoms with Gasteiger partial charge in [-0.2, -0.15) is 0 Å². The number of piperazine rings is 1. The molecule has 8 nitrogen and oxygen atoms in total. The molecule has 1 saturated heterocycles. The maximum absolute atomic E-state index is 12.4. The molecular formula is C18H22N4O4. The number of hydrogen-bond donors (Lipinski definition) is 1. The number of para-hydroxylation sites is 2. The average Bonchev–Trinajstić information content (AvgIpc) is 2.65. The summed E-state index contributed by atoms with van der Waals surface area (Å²) in [5, 5.41) is 2.38. The van der Waals surface area contributed by atoms with Gasteiger partial charge in [-0.25, -0.2) is 4.68 Å². The molecule has 2 aromatic rings. The van der Waals surface area contributed by atoms with E-state index in [1.54, 1.807) is 4.90 Å². The molecule has 26 heavy (non-hydrogen) atoms. The lowest BCUT2D eigenvalue weighted by atomic mass is 10.2. The predicted octanol–water partition coefficient (Wildman–Crippen LogP) is 0.284. The number of hydrogen-bond acceptors (Lipinski definition) is 5. The highest BCUT2D eigenvalue weighted by molar-refractivity contribution is 5.76. The highest BCUT2D eigenvalue weighted by Gasteiger charge is 2.23. The number of aromatic amines is 1. The fourth-order valence-electron chi connectivity index (χ4n) is 3.01. The Bertz CT molecular complexity index is 881. The predicted molar refractivity (Wildman–Crippen MR) is 97.7 cm³/mol. The second-order valence-corrected chi connectivity index (χ2v) is 6.00. The molecule has 1 fully saturated rings. The highest BCUT2D eigenvalue weighted by Crippen LogP contribution is 2.28. The van der Waals surface area contributed by atoms with Gasteiger partial charge in [-0.1, -0.05) is 12.1 Å². The summed E-state index contributed by atoms with van der Waals surface area (Å²) >= 11 is 0. The van der Waals surface area contributed by atoms with E-state index in [1.807, 2.05) is 31.2 Å². The molecule has 1 aromatic heterocycles. The number of aromatic nitrogens is 2. The molecule has 0 atom stereocenters. The van der Waals surface area contributed by atoms with Gasteiger partial charge in [0.05, 0.1) is 12.3 Å². The van der Waals surface area contributed by atoms with E-state index in [0.29, 0.717) is 32.8 Å². The molecule has 0 radical (unpaired) electrons. The third-order valence-electron chi connectivity index (χ3n) is 4.32. The molecule has 1 N–H and O–H groups in total. The molecular weight excluding hydrogens is 336 g/mol. The van der Waals surface area contributed by atoms with Crippen LogP contribution >= 0.6 is 0 Å². The van der Waals surface area contributed by atoms with Gasteiger partial charge in [0.2, 0.25) is 5.91 Å². The van der Waals surface area contributed by atoms with Crippen LogP contribution in [0.1, 0.15) is 6.92 Å². The second kappa shape index (κ2) is 7.90. The van der Waals surface area contributed by atoms with Gasteiger partial charge >= 0.3 is 0 Å². The minimum absolute atomic E-state index is 0.162. The van der Waals surface area contributed by atoms with Crippen molar-refractivity contribution in [3.05, 3.63) is 57.1 Å². The van der Waals surface area contributed by atoms with E-state index in [1.165, 1.54) is 0 Å². The fraction of sp³-hybridized carbons (Fsp3) is 0.389. The van der Waals surface area contributed by atoms with Crippen LogP contribution in [0.5, 0.6) is 5.75 Å². The zero-order chi connectivity index (χ0) is 18.5. The smallest absolute Gasteiger partial charge is 0.265 e. The number of benzene rings is 1. The van der Waals surface area contributed by atoms with E-state index in [4.69, 9.17) is 4.74 Å². The molecule has 0 bridgehead atoms. The SMILES string of the molecule is CCOc1ccccc1N1CCN(C(=O)Cn2[nH]c(=O)ccc2=O)CC1. The summed E-state index contributed by atoms with van der Waals surface area (Å²) in [5.74, 6) is 0.648. The summed E-state index contributed by atoms with van der Waals surface area (Å²) in [6.07, 6.45) is 0. The maximum atomic E-state index is 12.4. The van der Waals surface area contributed by atoms with Crippen LogP contribution in [0.3, 0.4) is 0 Å². The minimum atomic E-state index is -0.408. The first-order valence-corrected chi connectivity index (χ1v) is 8.63. The van der Waals surface area contributed by atoms with E-state index >= 15 is 0 Å². The van der Waals surface area contributed by atoms with Gasteiger partial charge in [-0.3, -0.25) is 19.5 Å². The number of rotatable bonds is 5. The van der Waals surface area contributed by atoms with Gasteiger partial charge in [0.25, 0.3) is 11.1 Å². The number of amides is 1. The van der Waals surface area contributed by atoms with Crippen molar-refractivity contribution >= 4 is 11.6 Å². The van der Waals surface area contributed by atoms with Crippen LogP contribution < -0.4 is 20.8 Å². The Morgan fingerprint density at radius 2 is 1.81 bits per heavy atom. The van der Waals surface area contributed by atoms with Crippen molar-refractivity contribution in [2.45, 2.75) is 13.5 Å². The molecule has 1 aliphatic heterocycles. The van der Waals surface area contributed by atoms with Crippen molar-refractivity contribution in [1.82, 2.24) is 14.7 Å². The second-order valence-electron chi connectivity index (χ2n) is 6.00. The van der Waals surface area contributed by atoms with Crippen molar-refractivity contribution in [3.8, 4) is 5.75 Å². The van der Waals surface area contributed by atoms with E-state index in [9.17, 15) is 14.4 Å². The Kier molecular flexibility index (Phi) is 5.40. The standard InChI is InChI=1S/C18H22N4O4/c1-2-26-15-6-4-3-5-14(15)20-9-11-21(12-10-20)18(25)13-22-17(24)8-7-16(23)19-22/h3-8H,2,9-13H2,1H3,(H,19,23). The minimum Gasteiger partial charge on any atom is -0.492 e. The quantitative estimate of drug-likeness (QED) is 0.830. The Hall–Kier alpha value is -3.03. The average molecular weight is 358 g/mol. The summed E-state index contributed by atoms with van der Waals surface area (Å²) in [6, 6.07) is 10.2. The summed E-state index contributed by atoms with van der Waals surface area (Å²) in [6.45, 7) is 4.83. The third-order valence-corrected chi connectivity index (χ3v) is 4.32. The number of nitrogens with one attached hydrogen (secondary N) is 1. The van der Waals surface area contributed by atoms with Crippen LogP contribution in [0.25, 0.3) is 0 Å². The van der Waals surface area contributed by atoms with Crippen molar-refractivity contribution in [3.63, 3.8) is 0 Å². The van der Waals surface area contributed by atoms with Crippen LogP contribution in [0.15, 0.2) is 46.0 Å². The Labute approximate surface area is 150 Å². The van der Waals surface area contributed by atoms with Gasteiger partial charge < -0.3 is 14.5 Å². The molecule has 0 aliphatic carbocycles. The molecule has 138 valence electrons. The number of ether oxygens (including phenoxy) is 1. The summed E-state index contributed by atoms with van der Waals surface area (Å²) in [4.78, 5) is 39.4. The van der Waals surface area contributed by atoms with Crippen molar-refractivity contribution in [1.29, 1.82) is 0 Å². The van der Waals surface area contributed by atoms with Gasteiger partial charge in [0.15, 0.2) is 0 Å². The van der Waals surface area contributed by atoms with Gasteiger partial charge in [-0.15, -0.1) is 0 Å². The molecule has 8 heteroatoms. The molecule has 1 aliphatic rings. The normalized spacial score (nSPS) is 14.3. The zero-order valence-corrected chi connectivity index (χ0v) is 14.7. The molecule has 1 aromatic carbocycles. The third kappa shape index (κ3) is 3.96. The largest absolute Gasteiger partial charge is 0.492 e. The lowest BCUT2D eigenvalue weighted by molar-refractivity contribution is -0.132. The summed E-state index contributed by atoms with van der Waals surface area (Å²) < 4.78 is 6.72. The Morgan fingerprint density at radius 3 is 2.54 bits per heavy atom. The number of carbonyl (C=O) groups is 1. The molecule has 1 amide bonds. The number of nitrogens with zero attached hydrogens (tertiary/aromatic N) is 3. The topological polar surface area (TPSA) is 87.6 Å². The van der Waals surface area contributed by atoms with Crippen LogP contribution in [-0.2, 0) is 11.3 Å². The lowest BCUT2D eigenvalue weighted by Crippen LogP contribution is -2.50. The number of anilines is 1. The van der Waals surface area contributed by atoms with E-state index in [0.717, 1.165) is 28.3 Å². The summed E-state index contributed by atoms with van der Waals surface area (Å²) in [5.41, 5.74) is 0.210. The van der Waals surface area contributed by atoms with Crippen LogP contribution in [0.4, 0.5) is 5.69 Å². The number of carbonyl (C=O) groups excluding carboxylic acids is 1. The maximum Gasteiger partial charge on any atom is 0.265 e. The molecule has 0 unspecified atom stereocenters. The van der Waals surface area contributed by atoms with Crippen LogP contribution in [-0.4, -0.2) is 53.4 Å². The van der Waals surface area contributed by atoms with Crippen molar-refractivity contribution < 1.29 is 9.53 Å². The fourth-order valence-corrected chi connectivity index (χ4v) is 3.01. The van der Waals surface area contributed by atoms with Crippen LogP contribution in [0, 0.1) is 0 Å². The molecule has 3 rings (SSSR count). The van der Waals surface area contributed by atoms with Crippen LogP contribution in [0.2, 0.25) is 0 Å². The van der Waals surface area contributed by atoms with Gasteiger partial charge in [0, 0.05) is 38.3 Å². The lowest BCUT2D eigenvalue weighted by Gasteiger charge is -2.36. The first kappa shape index (κ1) is 17.8. The first-order valence-electron chi connectivity index (χ1n) is 8.63. The first-order chi connectivity index (χ1) is 12.6. The Morgan fingerprint density at radius 1 is 1.08 bits per heavy atom. The molecule has 0 saturated carbocycles. The zero-order valence-electron chi connectivity index (χ0n) is 14.7. The highest BCUT2D eigenvalue weighted by atomic mass is 16.5. The monoisotopic (exact) mass is 358 g/mol. The summed E-state index contributed by atoms with van der Waals surface area (Å²) in [7, 11) is 0.